The second kappa shape index (κ2) is 5.08. The van der Waals surface area contributed by atoms with Gasteiger partial charge in [0.05, 0.1) is 0 Å². The zero-order valence-electron chi connectivity index (χ0n) is 10.3. The summed E-state index contributed by atoms with van der Waals surface area (Å²) in [6.45, 7) is 4.29. The van der Waals surface area contributed by atoms with E-state index in [9.17, 15) is 9.59 Å². The third-order valence-electron chi connectivity index (χ3n) is 3.12. The Morgan fingerprint density at radius 1 is 1.17 bits per heavy atom. The molecule has 0 aromatic heterocycles. The number of carboxylic acids is 1. The van der Waals surface area contributed by atoms with Gasteiger partial charge in [0.25, 0.3) is 0 Å². The van der Waals surface area contributed by atoms with E-state index in [-0.39, 0.29) is 0 Å². The zero-order chi connectivity index (χ0) is 13.1. The maximum atomic E-state index is 11.3. The fourth-order valence-electron chi connectivity index (χ4n) is 2.13. The highest BCUT2D eigenvalue weighted by molar-refractivity contribution is 6.31. The van der Waals surface area contributed by atoms with Crippen molar-refractivity contribution in [2.45, 2.75) is 6.92 Å². The standard InChI is InChI=1S/C13H16N2O3/c1-10-3-2-4-11(9-10)14-5-7-15(8-6-14)12(16)13(17)18/h2-4,9H,5-8H2,1H3,(H,17,18). The minimum absolute atomic E-state index is 0.457. The molecule has 0 radical (unpaired) electrons. The smallest absolute Gasteiger partial charge is 0.394 e. The Hall–Kier alpha value is -2.04. The molecule has 2 rings (SSSR count). The molecule has 1 aromatic carbocycles. The quantitative estimate of drug-likeness (QED) is 0.744. The first-order valence-corrected chi connectivity index (χ1v) is 5.92. The topological polar surface area (TPSA) is 60.9 Å². The maximum Gasteiger partial charge on any atom is 0.394 e. The summed E-state index contributed by atoms with van der Waals surface area (Å²) in [5, 5.41) is 8.65. The number of benzene rings is 1. The van der Waals surface area contributed by atoms with Gasteiger partial charge in [0.15, 0.2) is 0 Å². The van der Waals surface area contributed by atoms with Crippen molar-refractivity contribution in [2.24, 2.45) is 0 Å². The Bertz CT molecular complexity index is 465. The zero-order valence-corrected chi connectivity index (χ0v) is 10.3. The molecule has 1 saturated heterocycles. The third-order valence-corrected chi connectivity index (χ3v) is 3.12. The molecule has 5 heteroatoms. The molecule has 96 valence electrons. The summed E-state index contributed by atoms with van der Waals surface area (Å²) in [6.07, 6.45) is 0. The lowest BCUT2D eigenvalue weighted by molar-refractivity contribution is -0.156. The Morgan fingerprint density at radius 3 is 2.39 bits per heavy atom. The van der Waals surface area contributed by atoms with Crippen molar-refractivity contribution in [3.8, 4) is 0 Å². The number of amides is 1. The number of carbonyl (C=O) groups is 2. The Kier molecular flexibility index (Phi) is 3.50. The summed E-state index contributed by atoms with van der Waals surface area (Å²) in [7, 11) is 0. The maximum absolute atomic E-state index is 11.3. The monoisotopic (exact) mass is 248 g/mol. The van der Waals surface area contributed by atoms with E-state index in [1.54, 1.807) is 0 Å². The van der Waals surface area contributed by atoms with Gasteiger partial charge in [0, 0.05) is 31.9 Å². The molecular weight excluding hydrogens is 232 g/mol. The van der Waals surface area contributed by atoms with Crippen LogP contribution in [0.2, 0.25) is 0 Å². The molecule has 0 aliphatic carbocycles. The van der Waals surface area contributed by atoms with E-state index in [0.29, 0.717) is 26.2 Å². The van der Waals surface area contributed by atoms with Gasteiger partial charge < -0.3 is 14.9 Å². The van der Waals surface area contributed by atoms with E-state index in [2.05, 4.69) is 11.0 Å². The number of aliphatic carboxylic acids is 1. The largest absolute Gasteiger partial charge is 0.474 e. The van der Waals surface area contributed by atoms with Crippen LogP contribution in [0.5, 0.6) is 0 Å². The molecule has 0 saturated carbocycles. The summed E-state index contributed by atoms with van der Waals surface area (Å²) in [6, 6.07) is 8.16. The SMILES string of the molecule is Cc1cccc(N2CCN(C(=O)C(=O)O)CC2)c1. The fourth-order valence-corrected chi connectivity index (χ4v) is 2.13. The lowest BCUT2D eigenvalue weighted by Gasteiger charge is -2.35. The Labute approximate surface area is 106 Å². The van der Waals surface area contributed by atoms with Crippen molar-refractivity contribution < 1.29 is 14.7 Å². The number of piperazine rings is 1. The van der Waals surface area contributed by atoms with Crippen LogP contribution in [0.25, 0.3) is 0 Å². The average Bonchev–Trinajstić information content (AvgIpc) is 2.38. The minimum atomic E-state index is -1.38. The van der Waals surface area contributed by atoms with Gasteiger partial charge in [-0.1, -0.05) is 12.1 Å². The van der Waals surface area contributed by atoms with Crippen molar-refractivity contribution in [1.82, 2.24) is 4.90 Å². The summed E-state index contributed by atoms with van der Waals surface area (Å²) < 4.78 is 0. The lowest BCUT2D eigenvalue weighted by Crippen LogP contribution is -2.50. The van der Waals surface area contributed by atoms with Crippen LogP contribution in [0.4, 0.5) is 5.69 Å². The minimum Gasteiger partial charge on any atom is -0.474 e. The molecule has 5 nitrogen and oxygen atoms in total. The Balaban J connectivity index is 1.98. The van der Waals surface area contributed by atoms with E-state index in [4.69, 9.17) is 5.11 Å². The van der Waals surface area contributed by atoms with Gasteiger partial charge in [0.2, 0.25) is 0 Å². The van der Waals surface area contributed by atoms with Crippen LogP contribution < -0.4 is 4.90 Å². The van der Waals surface area contributed by atoms with Crippen LogP contribution in [-0.2, 0) is 9.59 Å². The van der Waals surface area contributed by atoms with Gasteiger partial charge in [-0.25, -0.2) is 4.79 Å². The van der Waals surface area contributed by atoms with Crippen molar-refractivity contribution >= 4 is 17.6 Å². The van der Waals surface area contributed by atoms with Gasteiger partial charge in [-0.3, -0.25) is 4.79 Å². The number of nitrogens with zero attached hydrogens (tertiary/aromatic N) is 2. The molecule has 0 bridgehead atoms. The molecule has 1 heterocycles. The number of aryl methyl sites for hydroxylation is 1. The van der Waals surface area contributed by atoms with Gasteiger partial charge >= 0.3 is 11.9 Å². The molecule has 0 spiro atoms. The molecule has 1 fully saturated rings. The normalized spacial score (nSPS) is 15.6. The molecule has 1 amide bonds. The number of anilines is 1. The molecule has 0 unspecified atom stereocenters. The summed E-state index contributed by atoms with van der Waals surface area (Å²) in [4.78, 5) is 25.4. The van der Waals surface area contributed by atoms with Crippen LogP contribution in [0.15, 0.2) is 24.3 Å². The highest BCUT2D eigenvalue weighted by atomic mass is 16.4. The molecule has 18 heavy (non-hydrogen) atoms. The van der Waals surface area contributed by atoms with Crippen LogP contribution in [0, 0.1) is 6.92 Å². The number of carbonyl (C=O) groups excluding carboxylic acids is 1. The van der Waals surface area contributed by atoms with Crippen molar-refractivity contribution in [2.75, 3.05) is 31.1 Å². The first-order chi connectivity index (χ1) is 8.58. The molecule has 1 aliphatic heterocycles. The predicted octanol–water partition coefficient (Wildman–Crippen LogP) is 0.728. The third kappa shape index (κ3) is 2.61. The van der Waals surface area contributed by atoms with Crippen molar-refractivity contribution in [3.05, 3.63) is 29.8 Å². The van der Waals surface area contributed by atoms with Crippen LogP contribution >= 0.6 is 0 Å². The van der Waals surface area contributed by atoms with Crippen LogP contribution in [0.3, 0.4) is 0 Å². The highest BCUT2D eigenvalue weighted by Gasteiger charge is 2.25. The van der Waals surface area contributed by atoms with E-state index in [1.165, 1.54) is 10.5 Å². The number of hydrogen-bond donors (Lipinski definition) is 1. The van der Waals surface area contributed by atoms with Crippen molar-refractivity contribution in [1.29, 1.82) is 0 Å². The van der Waals surface area contributed by atoms with E-state index in [0.717, 1.165) is 5.69 Å². The summed E-state index contributed by atoms with van der Waals surface area (Å²) in [5.41, 5.74) is 2.31. The molecular formula is C13H16N2O3. The molecule has 1 aliphatic rings. The van der Waals surface area contributed by atoms with E-state index >= 15 is 0 Å². The average molecular weight is 248 g/mol. The van der Waals surface area contributed by atoms with Crippen LogP contribution in [-0.4, -0.2) is 48.1 Å². The van der Waals surface area contributed by atoms with E-state index in [1.807, 2.05) is 25.1 Å². The first-order valence-electron chi connectivity index (χ1n) is 5.92. The summed E-state index contributed by atoms with van der Waals surface area (Å²) >= 11 is 0. The summed E-state index contributed by atoms with van der Waals surface area (Å²) in [5.74, 6) is -2.18. The second-order valence-corrected chi connectivity index (χ2v) is 4.42. The number of hydrogen-bond acceptors (Lipinski definition) is 3. The number of rotatable bonds is 1. The van der Waals surface area contributed by atoms with Gasteiger partial charge in [-0.2, -0.15) is 0 Å². The second-order valence-electron chi connectivity index (χ2n) is 4.42. The lowest BCUT2D eigenvalue weighted by atomic mass is 10.2. The Morgan fingerprint density at radius 2 is 1.83 bits per heavy atom. The first kappa shape index (κ1) is 12.4. The molecule has 1 aromatic rings. The fraction of sp³-hybridized carbons (Fsp3) is 0.385. The van der Waals surface area contributed by atoms with Crippen LogP contribution in [0.1, 0.15) is 5.56 Å². The molecule has 1 N–H and O–H groups in total. The highest BCUT2D eigenvalue weighted by Crippen LogP contribution is 2.17. The number of carboxylic acid groups (broad SMARTS) is 1. The van der Waals surface area contributed by atoms with Gasteiger partial charge in [-0.15, -0.1) is 0 Å². The van der Waals surface area contributed by atoms with Gasteiger partial charge in [0.1, 0.15) is 0 Å². The van der Waals surface area contributed by atoms with E-state index < -0.39 is 11.9 Å². The predicted molar refractivity (Wildman–Crippen MR) is 67.6 cm³/mol. The van der Waals surface area contributed by atoms with Crippen molar-refractivity contribution in [3.63, 3.8) is 0 Å². The van der Waals surface area contributed by atoms with Gasteiger partial charge in [-0.05, 0) is 24.6 Å². The molecule has 0 atom stereocenters.